The van der Waals surface area contributed by atoms with Crippen LogP contribution in [-0.4, -0.2) is 56.9 Å². The molecule has 1 N–H and O–H groups in total. The van der Waals surface area contributed by atoms with Crippen LogP contribution in [0.25, 0.3) is 0 Å². The zero-order valence-corrected chi connectivity index (χ0v) is 14.2. The van der Waals surface area contributed by atoms with Crippen molar-refractivity contribution in [1.82, 2.24) is 9.62 Å². The highest BCUT2D eigenvalue weighted by Gasteiger charge is 2.36. The Hall–Kier alpha value is -0.170. The van der Waals surface area contributed by atoms with Crippen LogP contribution in [0.4, 0.5) is 0 Å². The van der Waals surface area contributed by atoms with E-state index < -0.39 is 10.0 Å². The van der Waals surface area contributed by atoms with Crippen molar-refractivity contribution < 1.29 is 13.2 Å². The highest BCUT2D eigenvalue weighted by molar-refractivity contribution is 7.89. The van der Waals surface area contributed by atoms with Gasteiger partial charge in [0.1, 0.15) is 0 Å². The zero-order chi connectivity index (χ0) is 15.3. The average molecular weight is 318 g/mol. The van der Waals surface area contributed by atoms with Crippen molar-refractivity contribution >= 4 is 10.0 Å². The molecular formula is C15H30N2O3S. The molecule has 6 heteroatoms. The molecule has 2 saturated heterocycles. The fourth-order valence-corrected chi connectivity index (χ4v) is 5.28. The lowest BCUT2D eigenvalue weighted by Crippen LogP contribution is -2.47. The minimum Gasteiger partial charge on any atom is -0.381 e. The number of rotatable bonds is 6. The van der Waals surface area contributed by atoms with Gasteiger partial charge < -0.3 is 10.1 Å². The smallest absolute Gasteiger partial charge is 0.217 e. The Bertz CT molecular complexity index is 399. The van der Waals surface area contributed by atoms with E-state index in [-0.39, 0.29) is 5.25 Å². The standard InChI is InChI=1S/C15H30N2O3S/c1-3-8-16-13(2)14-4-9-17(10-5-14)21(18,19)15-6-11-20-12-7-15/h13-16H,3-12H2,1-2H3. The Morgan fingerprint density at radius 1 is 1.19 bits per heavy atom. The Labute approximate surface area is 129 Å². The summed E-state index contributed by atoms with van der Waals surface area (Å²) in [6.45, 7) is 7.97. The van der Waals surface area contributed by atoms with Gasteiger partial charge in [-0.1, -0.05) is 6.92 Å². The predicted molar refractivity (Wildman–Crippen MR) is 84.8 cm³/mol. The molecule has 0 aromatic carbocycles. The van der Waals surface area contributed by atoms with Crippen molar-refractivity contribution in [1.29, 1.82) is 0 Å². The van der Waals surface area contributed by atoms with Crippen LogP contribution in [0.15, 0.2) is 0 Å². The van der Waals surface area contributed by atoms with Gasteiger partial charge >= 0.3 is 0 Å². The van der Waals surface area contributed by atoms with Crippen molar-refractivity contribution in [2.45, 2.75) is 57.2 Å². The summed E-state index contributed by atoms with van der Waals surface area (Å²) < 4.78 is 32.3. The molecule has 0 spiro atoms. The first-order valence-corrected chi connectivity index (χ1v) is 9.86. The minimum atomic E-state index is -3.12. The predicted octanol–water partition coefficient (Wildman–Crippen LogP) is 1.60. The number of piperidine rings is 1. The minimum absolute atomic E-state index is 0.224. The van der Waals surface area contributed by atoms with Gasteiger partial charge in [-0.05, 0) is 51.5 Å². The van der Waals surface area contributed by atoms with Gasteiger partial charge in [0, 0.05) is 32.3 Å². The van der Waals surface area contributed by atoms with Crippen LogP contribution in [0.3, 0.4) is 0 Å². The van der Waals surface area contributed by atoms with Crippen molar-refractivity contribution in [2.24, 2.45) is 5.92 Å². The molecule has 0 bridgehead atoms. The highest BCUT2D eigenvalue weighted by Crippen LogP contribution is 2.26. The molecule has 5 nitrogen and oxygen atoms in total. The van der Waals surface area contributed by atoms with Crippen LogP contribution in [0.1, 0.15) is 46.0 Å². The average Bonchev–Trinajstić information content (AvgIpc) is 2.53. The first-order chi connectivity index (χ1) is 10.1. The normalized spacial score (nSPS) is 25.0. The maximum absolute atomic E-state index is 12.6. The molecule has 1 atom stereocenters. The summed E-state index contributed by atoms with van der Waals surface area (Å²) in [5.41, 5.74) is 0. The molecular weight excluding hydrogens is 288 g/mol. The van der Waals surface area contributed by atoms with Gasteiger partial charge in [-0.25, -0.2) is 12.7 Å². The third-order valence-corrected chi connectivity index (χ3v) is 7.27. The second-order valence-electron chi connectivity index (χ2n) is 6.34. The van der Waals surface area contributed by atoms with Crippen LogP contribution < -0.4 is 5.32 Å². The molecule has 0 aliphatic carbocycles. The molecule has 2 aliphatic heterocycles. The van der Waals surface area contributed by atoms with E-state index in [1.54, 1.807) is 4.31 Å². The maximum atomic E-state index is 12.6. The maximum Gasteiger partial charge on any atom is 0.217 e. The molecule has 2 aliphatic rings. The van der Waals surface area contributed by atoms with Gasteiger partial charge in [0.15, 0.2) is 0 Å². The van der Waals surface area contributed by atoms with Crippen LogP contribution in [0, 0.1) is 5.92 Å². The molecule has 0 aromatic rings. The number of hydrogen-bond acceptors (Lipinski definition) is 4. The van der Waals surface area contributed by atoms with Gasteiger partial charge in [-0.2, -0.15) is 0 Å². The quantitative estimate of drug-likeness (QED) is 0.808. The van der Waals surface area contributed by atoms with E-state index in [0.29, 0.717) is 51.1 Å². The van der Waals surface area contributed by atoms with E-state index in [2.05, 4.69) is 19.2 Å². The van der Waals surface area contributed by atoms with Gasteiger partial charge in [0.25, 0.3) is 0 Å². The second kappa shape index (κ2) is 7.90. The van der Waals surface area contributed by atoms with Crippen LogP contribution >= 0.6 is 0 Å². The molecule has 124 valence electrons. The third kappa shape index (κ3) is 4.41. The third-order valence-electron chi connectivity index (χ3n) is 4.87. The molecule has 0 amide bonds. The van der Waals surface area contributed by atoms with E-state index >= 15 is 0 Å². The van der Waals surface area contributed by atoms with E-state index in [9.17, 15) is 8.42 Å². The molecule has 0 aromatic heterocycles. The highest BCUT2D eigenvalue weighted by atomic mass is 32.2. The van der Waals surface area contributed by atoms with Crippen molar-refractivity contribution in [2.75, 3.05) is 32.8 Å². The summed E-state index contributed by atoms with van der Waals surface area (Å²) in [6, 6.07) is 0.484. The number of nitrogens with one attached hydrogen (secondary N) is 1. The fourth-order valence-electron chi connectivity index (χ4n) is 3.35. The summed E-state index contributed by atoms with van der Waals surface area (Å²) in [5, 5.41) is 3.31. The van der Waals surface area contributed by atoms with Crippen LogP contribution in [0.2, 0.25) is 0 Å². The molecule has 0 radical (unpaired) electrons. The molecule has 2 rings (SSSR count). The molecule has 21 heavy (non-hydrogen) atoms. The Kier molecular flexibility index (Phi) is 6.47. The van der Waals surface area contributed by atoms with Gasteiger partial charge in [-0.15, -0.1) is 0 Å². The summed E-state index contributed by atoms with van der Waals surface area (Å²) in [4.78, 5) is 0. The van der Waals surface area contributed by atoms with E-state index in [1.165, 1.54) is 0 Å². The van der Waals surface area contributed by atoms with Crippen molar-refractivity contribution in [3.63, 3.8) is 0 Å². The van der Waals surface area contributed by atoms with Gasteiger partial charge in [0.05, 0.1) is 5.25 Å². The summed E-state index contributed by atoms with van der Waals surface area (Å²) in [5.74, 6) is 0.595. The number of nitrogens with zero attached hydrogens (tertiary/aromatic N) is 1. The monoisotopic (exact) mass is 318 g/mol. The second-order valence-corrected chi connectivity index (χ2v) is 8.55. The lowest BCUT2D eigenvalue weighted by atomic mass is 9.91. The van der Waals surface area contributed by atoms with Crippen molar-refractivity contribution in [3.8, 4) is 0 Å². The largest absolute Gasteiger partial charge is 0.381 e. The molecule has 0 saturated carbocycles. The van der Waals surface area contributed by atoms with E-state index in [0.717, 1.165) is 25.8 Å². The van der Waals surface area contributed by atoms with E-state index in [4.69, 9.17) is 4.74 Å². The Morgan fingerprint density at radius 3 is 2.38 bits per heavy atom. The SMILES string of the molecule is CCCNC(C)C1CCN(S(=O)(=O)C2CCOCC2)CC1. The fraction of sp³-hybridized carbons (Fsp3) is 1.00. The number of hydrogen-bond donors (Lipinski definition) is 1. The van der Waals surface area contributed by atoms with E-state index in [1.807, 2.05) is 0 Å². The topological polar surface area (TPSA) is 58.6 Å². The number of sulfonamides is 1. The van der Waals surface area contributed by atoms with Gasteiger partial charge in [0.2, 0.25) is 10.0 Å². The van der Waals surface area contributed by atoms with Gasteiger partial charge in [-0.3, -0.25) is 0 Å². The van der Waals surface area contributed by atoms with Crippen LogP contribution in [0.5, 0.6) is 0 Å². The molecule has 2 heterocycles. The summed E-state index contributed by atoms with van der Waals surface area (Å²) in [7, 11) is -3.12. The number of ether oxygens (including phenoxy) is 1. The lowest BCUT2D eigenvalue weighted by molar-refractivity contribution is 0.0966. The van der Waals surface area contributed by atoms with Crippen LogP contribution in [-0.2, 0) is 14.8 Å². The lowest BCUT2D eigenvalue weighted by Gasteiger charge is -2.37. The Balaban J connectivity index is 1.85. The summed E-state index contributed by atoms with van der Waals surface area (Å²) in [6.07, 6.45) is 4.38. The van der Waals surface area contributed by atoms with Crippen molar-refractivity contribution in [3.05, 3.63) is 0 Å². The zero-order valence-electron chi connectivity index (χ0n) is 13.4. The Morgan fingerprint density at radius 2 is 1.81 bits per heavy atom. The first kappa shape index (κ1) is 17.2. The summed E-state index contributed by atoms with van der Waals surface area (Å²) >= 11 is 0. The first-order valence-electron chi connectivity index (χ1n) is 8.35. The molecule has 2 fully saturated rings. The molecule has 1 unspecified atom stereocenters.